The van der Waals surface area contributed by atoms with Crippen LogP contribution < -0.4 is 4.90 Å². The Morgan fingerprint density at radius 2 is 1.59 bits per heavy atom. The lowest BCUT2D eigenvalue weighted by Crippen LogP contribution is -2.73. The lowest BCUT2D eigenvalue weighted by Gasteiger charge is -2.61. The summed E-state index contributed by atoms with van der Waals surface area (Å²) in [4.78, 5) is 17.4. The lowest BCUT2D eigenvalue weighted by molar-refractivity contribution is -0.171. The molecule has 3 heteroatoms. The zero-order valence-corrected chi connectivity index (χ0v) is 14.5. The van der Waals surface area contributed by atoms with Gasteiger partial charge in [-0.3, -0.25) is 9.69 Å². The van der Waals surface area contributed by atoms with Crippen LogP contribution in [-0.2, 0) is 4.79 Å². The van der Waals surface area contributed by atoms with Gasteiger partial charge in [0.05, 0.1) is 0 Å². The molecule has 1 aromatic rings. The average molecular weight is 300 g/mol. The molecule has 0 amide bonds. The van der Waals surface area contributed by atoms with Gasteiger partial charge in [-0.05, 0) is 19.1 Å². The zero-order valence-electron chi connectivity index (χ0n) is 14.5. The molecule has 0 radical (unpaired) electrons. The predicted octanol–water partition coefficient (Wildman–Crippen LogP) is 3.20. The number of hydrogen-bond acceptors (Lipinski definition) is 3. The number of nitrogens with zero attached hydrogens (tertiary/aromatic N) is 2. The molecule has 1 aliphatic carbocycles. The van der Waals surface area contributed by atoms with Crippen molar-refractivity contribution >= 4 is 11.5 Å². The normalized spacial score (nSPS) is 28.5. The van der Waals surface area contributed by atoms with E-state index in [1.54, 1.807) is 0 Å². The van der Waals surface area contributed by atoms with E-state index in [0.29, 0.717) is 17.9 Å². The summed E-state index contributed by atoms with van der Waals surface area (Å²) >= 11 is 0. The molecule has 1 saturated carbocycles. The van der Waals surface area contributed by atoms with Crippen LogP contribution >= 0.6 is 0 Å². The maximum atomic E-state index is 12.4. The number of carbonyl (C=O) groups is 1. The first-order valence-corrected chi connectivity index (χ1v) is 8.37. The van der Waals surface area contributed by atoms with Gasteiger partial charge in [0.15, 0.2) is 0 Å². The topological polar surface area (TPSA) is 23.6 Å². The number of rotatable bonds is 2. The van der Waals surface area contributed by atoms with Crippen LogP contribution in [0.15, 0.2) is 30.3 Å². The van der Waals surface area contributed by atoms with E-state index < -0.39 is 0 Å². The highest BCUT2D eigenvalue weighted by molar-refractivity contribution is 5.97. The predicted molar refractivity (Wildman–Crippen MR) is 91.2 cm³/mol. The Balaban J connectivity index is 1.75. The van der Waals surface area contributed by atoms with Gasteiger partial charge < -0.3 is 4.90 Å². The summed E-state index contributed by atoms with van der Waals surface area (Å²) < 4.78 is 0. The molecule has 0 aromatic heterocycles. The number of benzene rings is 1. The van der Waals surface area contributed by atoms with Crippen molar-refractivity contribution in [1.82, 2.24) is 4.90 Å². The van der Waals surface area contributed by atoms with Crippen molar-refractivity contribution in [2.75, 3.05) is 24.5 Å². The molecule has 1 saturated heterocycles. The monoisotopic (exact) mass is 300 g/mol. The summed E-state index contributed by atoms with van der Waals surface area (Å²) in [6, 6.07) is 11.5. The molecule has 2 aliphatic rings. The maximum Gasteiger partial charge on any atom is 0.147 e. The highest BCUT2D eigenvalue weighted by Crippen LogP contribution is 2.53. The molecule has 1 unspecified atom stereocenters. The van der Waals surface area contributed by atoms with Gasteiger partial charge in [-0.15, -0.1) is 0 Å². The van der Waals surface area contributed by atoms with E-state index in [9.17, 15) is 4.79 Å². The Kier molecular flexibility index (Phi) is 3.59. The third kappa shape index (κ3) is 2.18. The van der Waals surface area contributed by atoms with Crippen LogP contribution in [0.2, 0.25) is 0 Å². The number of para-hydroxylation sites is 1. The van der Waals surface area contributed by atoms with Crippen molar-refractivity contribution < 1.29 is 4.79 Å². The molecule has 3 rings (SSSR count). The number of Topliss-reactive ketones (excluding diaryl/α,β-unsaturated/α-hetero) is 1. The molecule has 3 nitrogen and oxygen atoms in total. The van der Waals surface area contributed by atoms with Crippen LogP contribution in [-0.4, -0.2) is 42.4 Å². The van der Waals surface area contributed by atoms with E-state index in [1.807, 2.05) is 0 Å². The summed E-state index contributed by atoms with van der Waals surface area (Å²) in [5.41, 5.74) is 0.883. The van der Waals surface area contributed by atoms with E-state index in [1.165, 1.54) is 5.69 Å². The van der Waals surface area contributed by atoms with Gasteiger partial charge in [0.1, 0.15) is 5.78 Å². The van der Waals surface area contributed by atoms with Crippen LogP contribution in [0.5, 0.6) is 0 Å². The Labute approximate surface area is 134 Å². The minimum absolute atomic E-state index is 0.210. The third-order valence-electron chi connectivity index (χ3n) is 5.65. The number of anilines is 1. The fourth-order valence-electron chi connectivity index (χ4n) is 5.04. The standard InChI is InChI=1S/C19H28N2O/c1-14-13-20(16-18(2,3)17(22)19(16,4)5)11-12-21(14)15-9-7-6-8-10-15/h6-10,14,16H,11-13H2,1-5H3. The highest BCUT2D eigenvalue weighted by atomic mass is 16.1. The summed E-state index contributed by atoms with van der Waals surface area (Å²) in [5.74, 6) is 0.406. The van der Waals surface area contributed by atoms with Crippen molar-refractivity contribution in [3.63, 3.8) is 0 Å². The molecule has 1 atom stereocenters. The summed E-state index contributed by atoms with van der Waals surface area (Å²) in [6.45, 7) is 13.8. The van der Waals surface area contributed by atoms with Crippen molar-refractivity contribution in [2.45, 2.75) is 46.7 Å². The van der Waals surface area contributed by atoms with Crippen molar-refractivity contribution in [3.05, 3.63) is 30.3 Å². The zero-order chi connectivity index (χ0) is 16.1. The fourth-order valence-corrected chi connectivity index (χ4v) is 5.04. The van der Waals surface area contributed by atoms with E-state index in [4.69, 9.17) is 0 Å². The molecular formula is C19H28N2O. The molecular weight excluding hydrogens is 272 g/mol. The van der Waals surface area contributed by atoms with Crippen molar-refractivity contribution in [3.8, 4) is 0 Å². The van der Waals surface area contributed by atoms with Gasteiger partial charge in [-0.25, -0.2) is 0 Å². The minimum atomic E-state index is -0.210. The van der Waals surface area contributed by atoms with E-state index in [0.717, 1.165) is 19.6 Å². The highest BCUT2D eigenvalue weighted by Gasteiger charge is 2.63. The largest absolute Gasteiger partial charge is 0.366 e. The molecule has 120 valence electrons. The van der Waals surface area contributed by atoms with E-state index in [2.05, 4.69) is 74.8 Å². The Bertz CT molecular complexity index is 546. The van der Waals surface area contributed by atoms with Crippen molar-refractivity contribution in [1.29, 1.82) is 0 Å². The lowest BCUT2D eigenvalue weighted by atomic mass is 9.50. The van der Waals surface area contributed by atoms with Gasteiger partial charge in [0, 0.05) is 48.2 Å². The number of piperazine rings is 1. The molecule has 1 heterocycles. The van der Waals surface area contributed by atoms with Crippen molar-refractivity contribution in [2.24, 2.45) is 10.8 Å². The van der Waals surface area contributed by atoms with Crippen LogP contribution in [0.25, 0.3) is 0 Å². The second kappa shape index (κ2) is 5.09. The first-order chi connectivity index (χ1) is 10.3. The number of ketones is 1. The van der Waals surface area contributed by atoms with Gasteiger partial charge in [-0.1, -0.05) is 45.9 Å². The summed E-state index contributed by atoms with van der Waals surface area (Å²) in [7, 11) is 0. The molecule has 0 N–H and O–H groups in total. The SMILES string of the molecule is CC1CN(C2C(C)(C)C(=O)C2(C)C)CCN1c1ccccc1. The second-order valence-corrected chi connectivity index (χ2v) is 8.05. The molecule has 2 fully saturated rings. The summed E-state index contributed by atoms with van der Waals surface area (Å²) in [5, 5.41) is 0. The maximum absolute atomic E-state index is 12.4. The Morgan fingerprint density at radius 1 is 1.00 bits per heavy atom. The number of carbonyl (C=O) groups excluding carboxylic acids is 1. The quantitative estimate of drug-likeness (QED) is 0.838. The van der Waals surface area contributed by atoms with Gasteiger partial charge >= 0.3 is 0 Å². The minimum Gasteiger partial charge on any atom is -0.366 e. The average Bonchev–Trinajstić information content (AvgIpc) is 2.47. The first kappa shape index (κ1) is 15.5. The van der Waals surface area contributed by atoms with Crippen LogP contribution in [0.3, 0.4) is 0 Å². The van der Waals surface area contributed by atoms with Crippen LogP contribution in [0, 0.1) is 10.8 Å². The fraction of sp³-hybridized carbons (Fsp3) is 0.632. The van der Waals surface area contributed by atoms with E-state index in [-0.39, 0.29) is 10.8 Å². The van der Waals surface area contributed by atoms with Gasteiger partial charge in [0.2, 0.25) is 0 Å². The number of hydrogen-bond donors (Lipinski definition) is 0. The molecule has 22 heavy (non-hydrogen) atoms. The molecule has 1 aliphatic heterocycles. The molecule has 1 aromatic carbocycles. The van der Waals surface area contributed by atoms with Gasteiger partial charge in [0.25, 0.3) is 0 Å². The van der Waals surface area contributed by atoms with Crippen LogP contribution in [0.4, 0.5) is 5.69 Å². The van der Waals surface area contributed by atoms with Gasteiger partial charge in [-0.2, -0.15) is 0 Å². The smallest absolute Gasteiger partial charge is 0.147 e. The Morgan fingerprint density at radius 3 is 2.14 bits per heavy atom. The Hall–Kier alpha value is -1.35. The summed E-state index contributed by atoms with van der Waals surface area (Å²) in [6.07, 6.45) is 0. The van der Waals surface area contributed by atoms with E-state index >= 15 is 0 Å². The third-order valence-corrected chi connectivity index (χ3v) is 5.65. The second-order valence-electron chi connectivity index (χ2n) is 8.05. The molecule has 0 spiro atoms. The first-order valence-electron chi connectivity index (χ1n) is 8.37. The molecule has 0 bridgehead atoms. The van der Waals surface area contributed by atoms with Crippen LogP contribution in [0.1, 0.15) is 34.6 Å².